The number of aliphatic hydroxyl groups is 1. The maximum atomic E-state index is 13.0. The van der Waals surface area contributed by atoms with Crippen LogP contribution in [0, 0.1) is 23.2 Å². The third kappa shape index (κ3) is 24.2. The smallest absolute Gasteiger partial charge is 0.326 e. The van der Waals surface area contributed by atoms with Gasteiger partial charge < -0.3 is 51.3 Å². The lowest BCUT2D eigenvalue weighted by molar-refractivity contribution is -0.145. The summed E-state index contributed by atoms with van der Waals surface area (Å²) in [6, 6.07) is -3.08. The molecule has 0 unspecified atom stereocenters. The van der Waals surface area contributed by atoms with Crippen LogP contribution in [0.4, 0.5) is 0 Å². The first-order valence-corrected chi connectivity index (χ1v) is 21.9. The normalized spacial score (nSPS) is 13.5. The van der Waals surface area contributed by atoms with Crippen molar-refractivity contribution in [3.63, 3.8) is 0 Å². The Morgan fingerprint density at radius 1 is 0.621 bits per heavy atom. The summed E-state index contributed by atoms with van der Waals surface area (Å²) >= 11 is 0. The van der Waals surface area contributed by atoms with Gasteiger partial charge in [0.1, 0.15) is 41.8 Å². The number of aromatic nitrogens is 2. The zero-order valence-electron chi connectivity index (χ0n) is 37.8. The molecule has 1 aromatic rings. The van der Waals surface area contributed by atoms with Gasteiger partial charge in [0.25, 0.3) is 0 Å². The minimum absolute atomic E-state index is 0.0314. The molecule has 0 saturated heterocycles. The molecule has 0 fully saturated rings. The third-order valence-electron chi connectivity index (χ3n) is 11.0. The van der Waals surface area contributed by atoms with Crippen LogP contribution in [0.25, 0.3) is 0 Å². The second-order valence-electron chi connectivity index (χ2n) is 17.1. The molecule has 0 saturated carbocycles. The van der Waals surface area contributed by atoms with E-state index in [4.69, 9.17) is 0 Å². The number of hydrogen-bond acceptors (Lipinski definition) is 14. The number of rotatable bonds is 38. The molecule has 0 aliphatic carbocycles. The summed E-state index contributed by atoms with van der Waals surface area (Å²) in [5.41, 5.74) is -0.137. The number of carbonyl (C=O) groups is 12. The Balaban J connectivity index is 2.52. The number of nitrogens with one attached hydrogen (secondary N) is 4. The average Bonchev–Trinajstić information content (AvgIpc) is 3.77. The SMILES string of the molecule is CC(=O)C[C@@H](CCC(=O)N[C@@H](CCC(=O)C[C@@H](CCC(=O)N[C@@H](CCC(=O)NCCCC[C@H](CCC(=O)C(C)(C)CC(=O)CCc1cnc[nH]1)C(=O)CO)C(=O)O)C(=O)O)C(=O)O)C(=O)O. The lowest BCUT2D eigenvalue weighted by Gasteiger charge is -2.23. The van der Waals surface area contributed by atoms with E-state index in [9.17, 15) is 83.1 Å². The minimum Gasteiger partial charge on any atom is -0.481 e. The monoisotopic (exact) mass is 935 g/mol. The Morgan fingerprint density at radius 2 is 1.15 bits per heavy atom. The van der Waals surface area contributed by atoms with Gasteiger partial charge in [0.05, 0.1) is 18.2 Å². The second-order valence-corrected chi connectivity index (χ2v) is 17.1. The minimum atomic E-state index is -1.56. The number of hydrogen-bond donors (Lipinski definition) is 9. The topological polar surface area (TPSA) is 371 Å². The Bertz CT molecular complexity index is 1860. The van der Waals surface area contributed by atoms with Gasteiger partial charge in [0.15, 0.2) is 5.78 Å². The van der Waals surface area contributed by atoms with Crippen LogP contribution in [0.2, 0.25) is 0 Å². The van der Waals surface area contributed by atoms with Crippen LogP contribution in [0.3, 0.4) is 0 Å². The molecule has 3 amide bonds. The van der Waals surface area contributed by atoms with Crippen LogP contribution in [0.15, 0.2) is 12.5 Å². The molecule has 0 aliphatic heterocycles. The fraction of sp³-hybridized carbons (Fsp3) is 0.659. The fourth-order valence-corrected chi connectivity index (χ4v) is 7.04. The van der Waals surface area contributed by atoms with Crippen molar-refractivity contribution < 1.29 is 83.1 Å². The van der Waals surface area contributed by atoms with E-state index in [0.717, 1.165) is 5.69 Å². The van der Waals surface area contributed by atoms with Crippen molar-refractivity contribution in [3.05, 3.63) is 18.2 Å². The molecular formula is C44H65N5O17. The maximum Gasteiger partial charge on any atom is 0.326 e. The van der Waals surface area contributed by atoms with Gasteiger partial charge in [-0.2, -0.15) is 0 Å². The van der Waals surface area contributed by atoms with E-state index in [0.29, 0.717) is 25.7 Å². The van der Waals surface area contributed by atoms with E-state index in [1.54, 1.807) is 20.0 Å². The zero-order valence-corrected chi connectivity index (χ0v) is 37.8. The molecule has 0 aliphatic rings. The van der Waals surface area contributed by atoms with Crippen molar-refractivity contribution in [1.82, 2.24) is 25.9 Å². The summed E-state index contributed by atoms with van der Waals surface area (Å²) in [6.45, 7) is 4.00. The molecular weight excluding hydrogens is 871 g/mol. The Hall–Kier alpha value is -6.19. The number of Topliss-reactive ketones (excluding diaryl/α,β-unsaturated/α-hetero) is 5. The number of imidazole rings is 1. The highest BCUT2D eigenvalue weighted by atomic mass is 16.4. The van der Waals surface area contributed by atoms with Gasteiger partial charge in [-0.1, -0.05) is 20.3 Å². The molecule has 0 aromatic carbocycles. The number of unbranched alkanes of at least 4 members (excludes halogenated alkanes) is 1. The Labute approximate surface area is 381 Å². The number of carbonyl (C=O) groups excluding carboxylic acids is 8. The standard InChI is InChI=1S/C44H65N5O17/c1-26(51)20-28(40(59)60)8-16-38(57)48-33(42(63)64)13-12-31(52)21-29(41(61)62)9-17-39(58)49-34(43(65)66)14-18-37(56)46-19-5-4-6-27(35(54)24-50)7-15-36(55)44(2,3)22-32(53)11-10-30-23-45-25-47-30/h23,25,27-29,33-34,50H,4-22,24H2,1-3H3,(H,45,47)(H,46,56)(H,48,57)(H,49,58)(H,59,60)(H,61,62)(H,63,64)(H,65,66)/t27-,28-,29-,33+,34+/m1/s1. The quantitative estimate of drug-likeness (QED) is 0.0426. The number of carboxylic acids is 4. The highest BCUT2D eigenvalue weighted by molar-refractivity contribution is 5.91. The van der Waals surface area contributed by atoms with Gasteiger partial charge in [-0.15, -0.1) is 0 Å². The summed E-state index contributed by atoms with van der Waals surface area (Å²) in [7, 11) is 0. The highest BCUT2D eigenvalue weighted by Gasteiger charge is 2.32. The fourth-order valence-electron chi connectivity index (χ4n) is 7.04. The number of aliphatic carboxylic acids is 4. The molecule has 5 atom stereocenters. The Morgan fingerprint density at radius 3 is 1.65 bits per heavy atom. The second kappa shape index (κ2) is 30.1. The van der Waals surface area contributed by atoms with Crippen molar-refractivity contribution >= 4 is 70.5 Å². The van der Waals surface area contributed by atoms with Gasteiger partial charge in [0, 0.05) is 87.6 Å². The molecule has 1 heterocycles. The van der Waals surface area contributed by atoms with Crippen molar-refractivity contribution in [2.24, 2.45) is 23.2 Å². The van der Waals surface area contributed by atoms with Crippen LogP contribution in [0.1, 0.15) is 136 Å². The van der Waals surface area contributed by atoms with Gasteiger partial charge in [-0.3, -0.25) is 43.2 Å². The molecule has 368 valence electrons. The Kier molecular flexibility index (Phi) is 26.4. The predicted octanol–water partition coefficient (Wildman–Crippen LogP) is 1.74. The van der Waals surface area contributed by atoms with Crippen molar-refractivity contribution in [2.75, 3.05) is 13.2 Å². The number of aromatic amines is 1. The van der Waals surface area contributed by atoms with E-state index < -0.39 is 139 Å². The largest absolute Gasteiger partial charge is 0.481 e. The van der Waals surface area contributed by atoms with Crippen LogP contribution in [-0.4, -0.2) is 131 Å². The first kappa shape index (κ1) is 57.8. The number of ketones is 5. The van der Waals surface area contributed by atoms with Crippen LogP contribution in [0.5, 0.6) is 0 Å². The molecule has 22 heteroatoms. The first-order chi connectivity index (χ1) is 30.9. The maximum absolute atomic E-state index is 13.0. The summed E-state index contributed by atoms with van der Waals surface area (Å²) in [6.07, 6.45) is 1.30. The van der Waals surface area contributed by atoms with E-state index in [1.807, 2.05) is 0 Å². The third-order valence-corrected chi connectivity index (χ3v) is 11.0. The van der Waals surface area contributed by atoms with Gasteiger partial charge in [0.2, 0.25) is 17.7 Å². The van der Waals surface area contributed by atoms with E-state index >= 15 is 0 Å². The summed E-state index contributed by atoms with van der Waals surface area (Å²) in [4.78, 5) is 153. The molecule has 1 rings (SSSR count). The summed E-state index contributed by atoms with van der Waals surface area (Å²) in [5, 5.41) is 54.5. The molecule has 9 N–H and O–H groups in total. The van der Waals surface area contributed by atoms with Crippen molar-refractivity contribution in [2.45, 2.75) is 148 Å². The number of aliphatic hydroxyl groups excluding tert-OH is 1. The molecule has 22 nitrogen and oxygen atoms in total. The van der Waals surface area contributed by atoms with Crippen LogP contribution >= 0.6 is 0 Å². The highest BCUT2D eigenvalue weighted by Crippen LogP contribution is 2.28. The average molecular weight is 936 g/mol. The number of H-pyrrole nitrogens is 1. The predicted molar refractivity (Wildman–Crippen MR) is 230 cm³/mol. The molecule has 0 bridgehead atoms. The van der Waals surface area contributed by atoms with Gasteiger partial charge >= 0.3 is 23.9 Å². The van der Waals surface area contributed by atoms with Crippen molar-refractivity contribution in [3.8, 4) is 0 Å². The molecule has 0 spiro atoms. The number of nitrogens with zero attached hydrogens (tertiary/aromatic N) is 1. The number of amides is 3. The first-order valence-electron chi connectivity index (χ1n) is 21.9. The zero-order chi connectivity index (χ0) is 50.0. The lowest BCUT2D eigenvalue weighted by atomic mass is 9.79. The lowest BCUT2D eigenvalue weighted by Crippen LogP contribution is -2.42. The molecule has 66 heavy (non-hydrogen) atoms. The summed E-state index contributed by atoms with van der Waals surface area (Å²) in [5.74, 6) is -12.9. The molecule has 1 aromatic heterocycles. The van der Waals surface area contributed by atoms with Gasteiger partial charge in [-0.05, 0) is 58.3 Å². The van der Waals surface area contributed by atoms with E-state index in [1.165, 1.54) is 13.3 Å². The number of aryl methyl sites for hydroxylation is 1. The number of carboxylic acid groups (broad SMARTS) is 4. The van der Waals surface area contributed by atoms with E-state index in [2.05, 4.69) is 25.9 Å². The van der Waals surface area contributed by atoms with Crippen LogP contribution in [-0.2, 0) is 64.0 Å². The van der Waals surface area contributed by atoms with E-state index in [-0.39, 0.29) is 69.5 Å². The van der Waals surface area contributed by atoms with Crippen LogP contribution < -0.4 is 16.0 Å². The van der Waals surface area contributed by atoms with Crippen molar-refractivity contribution in [1.29, 1.82) is 0 Å². The van der Waals surface area contributed by atoms with Gasteiger partial charge in [-0.25, -0.2) is 14.6 Å². The summed E-state index contributed by atoms with van der Waals surface area (Å²) < 4.78 is 0. The molecule has 0 radical (unpaired) electrons.